The second-order valence-electron chi connectivity index (χ2n) is 3.06. The molecule has 2 N–H and O–H groups in total. The lowest BCUT2D eigenvalue weighted by atomic mass is 10.2. The van der Waals surface area contributed by atoms with E-state index in [0.717, 1.165) is 11.4 Å². The molecule has 0 aliphatic carbocycles. The van der Waals surface area contributed by atoms with Gasteiger partial charge in [0.15, 0.2) is 0 Å². The van der Waals surface area contributed by atoms with Gasteiger partial charge in [-0.1, -0.05) is 0 Å². The van der Waals surface area contributed by atoms with E-state index in [2.05, 4.69) is 15.5 Å². The van der Waals surface area contributed by atoms with Crippen LogP contribution >= 0.6 is 0 Å². The standard InChI is InChI=1S/C9H15N3O2/c1-6-8(7(2)12-11-6)9(13)10-4-5-14-3/h4-5H2,1-3H3,(H,10,13)(H,11,12). The van der Waals surface area contributed by atoms with E-state index >= 15 is 0 Å². The normalized spacial score (nSPS) is 10.2. The molecule has 1 amide bonds. The highest BCUT2D eigenvalue weighted by molar-refractivity contribution is 5.96. The lowest BCUT2D eigenvalue weighted by Gasteiger charge is -2.03. The van der Waals surface area contributed by atoms with Gasteiger partial charge in [0, 0.05) is 19.3 Å². The van der Waals surface area contributed by atoms with Gasteiger partial charge in [-0.25, -0.2) is 0 Å². The number of carbonyl (C=O) groups excluding carboxylic acids is 1. The highest BCUT2D eigenvalue weighted by atomic mass is 16.5. The Labute approximate surface area is 82.8 Å². The monoisotopic (exact) mass is 197 g/mol. The molecule has 1 aromatic rings. The first-order valence-electron chi connectivity index (χ1n) is 4.45. The first-order valence-corrected chi connectivity index (χ1v) is 4.45. The number of aromatic nitrogens is 2. The molecule has 5 heteroatoms. The number of amides is 1. The maximum absolute atomic E-state index is 11.6. The van der Waals surface area contributed by atoms with Gasteiger partial charge >= 0.3 is 0 Å². The SMILES string of the molecule is COCCNC(=O)c1c(C)n[nH]c1C. The molecule has 14 heavy (non-hydrogen) atoms. The highest BCUT2D eigenvalue weighted by Crippen LogP contribution is 2.08. The highest BCUT2D eigenvalue weighted by Gasteiger charge is 2.13. The van der Waals surface area contributed by atoms with Crippen molar-refractivity contribution in [2.75, 3.05) is 20.3 Å². The summed E-state index contributed by atoms with van der Waals surface area (Å²) in [7, 11) is 1.60. The fourth-order valence-corrected chi connectivity index (χ4v) is 1.24. The van der Waals surface area contributed by atoms with E-state index < -0.39 is 0 Å². The minimum absolute atomic E-state index is 0.106. The topological polar surface area (TPSA) is 67.0 Å². The fourth-order valence-electron chi connectivity index (χ4n) is 1.24. The van der Waals surface area contributed by atoms with Gasteiger partial charge in [0.05, 0.1) is 17.9 Å². The van der Waals surface area contributed by atoms with Crippen LogP contribution in [0.2, 0.25) is 0 Å². The maximum atomic E-state index is 11.6. The van der Waals surface area contributed by atoms with Gasteiger partial charge in [-0.2, -0.15) is 5.10 Å². The van der Waals surface area contributed by atoms with Crippen LogP contribution in [0.5, 0.6) is 0 Å². The molecule has 0 spiro atoms. The summed E-state index contributed by atoms with van der Waals surface area (Å²) in [4.78, 5) is 11.6. The van der Waals surface area contributed by atoms with Crippen LogP contribution in [0.15, 0.2) is 0 Å². The summed E-state index contributed by atoms with van der Waals surface area (Å²) in [6, 6.07) is 0. The van der Waals surface area contributed by atoms with E-state index in [0.29, 0.717) is 18.7 Å². The summed E-state index contributed by atoms with van der Waals surface area (Å²) >= 11 is 0. The average molecular weight is 197 g/mol. The van der Waals surface area contributed by atoms with Gasteiger partial charge in [0.1, 0.15) is 0 Å². The van der Waals surface area contributed by atoms with Gasteiger partial charge in [0.2, 0.25) is 0 Å². The zero-order valence-electron chi connectivity index (χ0n) is 8.68. The lowest BCUT2D eigenvalue weighted by Crippen LogP contribution is -2.27. The fraction of sp³-hybridized carbons (Fsp3) is 0.556. The molecule has 0 aromatic carbocycles. The molecule has 0 aliphatic heterocycles. The molecule has 0 fully saturated rings. The summed E-state index contributed by atoms with van der Waals surface area (Å²) in [5.74, 6) is -0.106. The Hall–Kier alpha value is -1.36. The first kappa shape index (κ1) is 10.7. The van der Waals surface area contributed by atoms with Crippen LogP contribution in [0.1, 0.15) is 21.7 Å². The molecule has 1 rings (SSSR count). The van der Waals surface area contributed by atoms with Gasteiger partial charge in [-0.3, -0.25) is 9.89 Å². The zero-order valence-corrected chi connectivity index (χ0v) is 8.68. The smallest absolute Gasteiger partial charge is 0.255 e. The van der Waals surface area contributed by atoms with Crippen LogP contribution < -0.4 is 5.32 Å². The van der Waals surface area contributed by atoms with E-state index in [1.165, 1.54) is 0 Å². The molecular formula is C9H15N3O2. The van der Waals surface area contributed by atoms with Crippen molar-refractivity contribution >= 4 is 5.91 Å². The van der Waals surface area contributed by atoms with E-state index in [9.17, 15) is 4.79 Å². The molecular weight excluding hydrogens is 182 g/mol. The second kappa shape index (κ2) is 4.76. The van der Waals surface area contributed by atoms with Gasteiger partial charge in [-0.05, 0) is 13.8 Å². The molecule has 0 saturated carbocycles. The minimum Gasteiger partial charge on any atom is -0.383 e. The number of ether oxygens (including phenoxy) is 1. The Kier molecular flexibility index (Phi) is 3.64. The lowest BCUT2D eigenvalue weighted by molar-refractivity contribution is 0.0936. The van der Waals surface area contributed by atoms with Gasteiger partial charge in [0.25, 0.3) is 5.91 Å². The Morgan fingerprint density at radius 1 is 1.57 bits per heavy atom. The largest absolute Gasteiger partial charge is 0.383 e. The summed E-state index contributed by atoms with van der Waals surface area (Å²) in [5, 5.41) is 9.46. The quantitative estimate of drug-likeness (QED) is 0.687. The van der Waals surface area contributed by atoms with Gasteiger partial charge in [-0.15, -0.1) is 0 Å². The predicted molar refractivity (Wildman–Crippen MR) is 52.3 cm³/mol. The van der Waals surface area contributed by atoms with E-state index in [4.69, 9.17) is 4.74 Å². The number of nitrogens with zero attached hydrogens (tertiary/aromatic N) is 1. The number of nitrogens with one attached hydrogen (secondary N) is 2. The van der Waals surface area contributed by atoms with E-state index in [-0.39, 0.29) is 5.91 Å². The van der Waals surface area contributed by atoms with Crippen molar-refractivity contribution in [2.45, 2.75) is 13.8 Å². The van der Waals surface area contributed by atoms with Crippen LogP contribution in [-0.2, 0) is 4.74 Å². The van der Waals surface area contributed by atoms with Crippen LogP contribution in [-0.4, -0.2) is 36.4 Å². The predicted octanol–water partition coefficient (Wildman–Crippen LogP) is 0.403. The van der Waals surface area contributed by atoms with Crippen molar-refractivity contribution in [3.05, 3.63) is 17.0 Å². The summed E-state index contributed by atoms with van der Waals surface area (Å²) in [5.41, 5.74) is 2.14. The number of hydrogen-bond donors (Lipinski definition) is 2. The number of hydrogen-bond acceptors (Lipinski definition) is 3. The maximum Gasteiger partial charge on any atom is 0.255 e. The van der Waals surface area contributed by atoms with Crippen molar-refractivity contribution < 1.29 is 9.53 Å². The van der Waals surface area contributed by atoms with Crippen molar-refractivity contribution in [1.29, 1.82) is 0 Å². The first-order chi connectivity index (χ1) is 6.66. The third kappa shape index (κ3) is 2.32. The minimum atomic E-state index is -0.106. The Balaban J connectivity index is 2.60. The van der Waals surface area contributed by atoms with Gasteiger partial charge < -0.3 is 10.1 Å². The summed E-state index contributed by atoms with van der Waals surface area (Å²) in [6.07, 6.45) is 0. The molecule has 78 valence electrons. The van der Waals surface area contributed by atoms with E-state index in [1.54, 1.807) is 14.0 Å². The Morgan fingerprint density at radius 2 is 2.29 bits per heavy atom. The number of aromatic amines is 1. The number of aryl methyl sites for hydroxylation is 2. The number of rotatable bonds is 4. The average Bonchev–Trinajstić information content (AvgIpc) is 2.46. The van der Waals surface area contributed by atoms with Crippen LogP contribution in [0.3, 0.4) is 0 Å². The Bertz CT molecular complexity index is 300. The summed E-state index contributed by atoms with van der Waals surface area (Å²) in [6.45, 7) is 4.65. The van der Waals surface area contributed by atoms with E-state index in [1.807, 2.05) is 6.92 Å². The van der Waals surface area contributed by atoms with Crippen LogP contribution in [0.4, 0.5) is 0 Å². The molecule has 0 unspecified atom stereocenters. The molecule has 0 bridgehead atoms. The summed E-state index contributed by atoms with van der Waals surface area (Å²) < 4.78 is 4.83. The van der Waals surface area contributed by atoms with Crippen molar-refractivity contribution in [2.24, 2.45) is 0 Å². The second-order valence-corrected chi connectivity index (χ2v) is 3.06. The molecule has 0 radical (unpaired) electrons. The number of carbonyl (C=O) groups is 1. The molecule has 1 aromatic heterocycles. The zero-order chi connectivity index (χ0) is 10.6. The molecule has 0 aliphatic rings. The molecule has 0 atom stereocenters. The van der Waals surface area contributed by atoms with Crippen molar-refractivity contribution in [3.63, 3.8) is 0 Å². The van der Waals surface area contributed by atoms with Crippen molar-refractivity contribution in [1.82, 2.24) is 15.5 Å². The molecule has 1 heterocycles. The third-order valence-corrected chi connectivity index (χ3v) is 1.95. The van der Waals surface area contributed by atoms with Crippen molar-refractivity contribution in [3.8, 4) is 0 Å². The molecule has 5 nitrogen and oxygen atoms in total. The van der Waals surface area contributed by atoms with Crippen LogP contribution in [0, 0.1) is 13.8 Å². The molecule has 0 saturated heterocycles. The number of H-pyrrole nitrogens is 1. The third-order valence-electron chi connectivity index (χ3n) is 1.95. The van der Waals surface area contributed by atoms with Crippen LogP contribution in [0.25, 0.3) is 0 Å². The Morgan fingerprint density at radius 3 is 2.79 bits per heavy atom. The number of methoxy groups -OCH3 is 1.